The number of halogens is 1. The number of allylic oxidation sites excluding steroid dienone is 2. The fourth-order valence-electron chi connectivity index (χ4n) is 6.47. The molecular weight excluding hydrogens is 464 g/mol. The van der Waals surface area contributed by atoms with Crippen LogP contribution in [-0.4, -0.2) is 24.1 Å². The molecule has 1 unspecified atom stereocenters. The van der Waals surface area contributed by atoms with Crippen LogP contribution in [0.4, 0.5) is 0 Å². The molecule has 32 heavy (non-hydrogen) atoms. The number of ether oxygens (including phenoxy) is 2. The number of fused-ring (bicyclic) bond motifs is 3. The standard InChI is InChI=1S/C28H29BrO3/c1-27(2)22-16-19(32-24-10-13-31-28(24)11-4-3-5-12-28)7-9-21(22)26(30)25-20-8-6-18(29)14-17(20)15-23(25)27/h6-9,14,16,24H,3-5,10-13,15H2,1-2H3. The Hall–Kier alpha value is -1.91. The fourth-order valence-corrected chi connectivity index (χ4v) is 6.88. The Morgan fingerprint density at radius 1 is 1.03 bits per heavy atom. The molecule has 4 heteroatoms. The van der Waals surface area contributed by atoms with Gasteiger partial charge >= 0.3 is 0 Å². The van der Waals surface area contributed by atoms with Gasteiger partial charge in [-0.3, -0.25) is 4.79 Å². The molecule has 166 valence electrons. The van der Waals surface area contributed by atoms with Gasteiger partial charge in [-0.15, -0.1) is 0 Å². The summed E-state index contributed by atoms with van der Waals surface area (Å²) in [5.74, 6) is 1.02. The summed E-state index contributed by atoms with van der Waals surface area (Å²) in [6.07, 6.45) is 7.80. The predicted molar refractivity (Wildman–Crippen MR) is 129 cm³/mol. The van der Waals surface area contributed by atoms with Crippen molar-refractivity contribution in [2.24, 2.45) is 0 Å². The lowest BCUT2D eigenvalue weighted by atomic mass is 9.68. The highest BCUT2D eigenvalue weighted by Crippen LogP contribution is 2.51. The van der Waals surface area contributed by atoms with Crippen molar-refractivity contribution in [3.8, 4) is 5.75 Å². The second-order valence-corrected chi connectivity index (χ2v) is 11.3. The van der Waals surface area contributed by atoms with Crippen molar-refractivity contribution in [1.82, 2.24) is 0 Å². The van der Waals surface area contributed by atoms with Crippen LogP contribution in [0.3, 0.4) is 0 Å². The van der Waals surface area contributed by atoms with Crippen LogP contribution in [0.2, 0.25) is 0 Å². The first-order chi connectivity index (χ1) is 15.4. The zero-order valence-corrected chi connectivity index (χ0v) is 20.4. The Kier molecular flexibility index (Phi) is 4.71. The summed E-state index contributed by atoms with van der Waals surface area (Å²) < 4.78 is 13.9. The lowest BCUT2D eigenvalue weighted by Crippen LogP contribution is -2.44. The monoisotopic (exact) mass is 492 g/mol. The molecule has 2 aromatic carbocycles. The van der Waals surface area contributed by atoms with Crippen LogP contribution in [0.15, 0.2) is 46.4 Å². The molecule has 0 radical (unpaired) electrons. The van der Waals surface area contributed by atoms with Crippen molar-refractivity contribution in [2.45, 2.75) is 75.9 Å². The predicted octanol–water partition coefficient (Wildman–Crippen LogP) is 6.80. The van der Waals surface area contributed by atoms with Crippen LogP contribution < -0.4 is 4.74 Å². The average molecular weight is 493 g/mol. The first kappa shape index (κ1) is 20.7. The van der Waals surface area contributed by atoms with E-state index in [1.54, 1.807) is 0 Å². The molecule has 0 aromatic heterocycles. The lowest BCUT2D eigenvalue weighted by molar-refractivity contribution is -0.0728. The van der Waals surface area contributed by atoms with E-state index >= 15 is 0 Å². The number of Topliss-reactive ketones (excluding diaryl/α,β-unsaturated/α-hetero) is 1. The molecule has 1 heterocycles. The molecule has 1 aliphatic heterocycles. The quantitative estimate of drug-likeness (QED) is 0.462. The van der Waals surface area contributed by atoms with Gasteiger partial charge in [-0.05, 0) is 71.9 Å². The second-order valence-electron chi connectivity index (χ2n) is 10.4. The molecule has 0 bridgehead atoms. The first-order valence-electron chi connectivity index (χ1n) is 11.9. The zero-order valence-electron chi connectivity index (χ0n) is 18.8. The summed E-state index contributed by atoms with van der Waals surface area (Å²) in [6, 6.07) is 12.4. The third kappa shape index (κ3) is 2.99. The van der Waals surface area contributed by atoms with Gasteiger partial charge in [0.1, 0.15) is 17.5 Å². The van der Waals surface area contributed by atoms with Crippen molar-refractivity contribution in [1.29, 1.82) is 0 Å². The van der Waals surface area contributed by atoms with Crippen LogP contribution in [0, 0.1) is 0 Å². The van der Waals surface area contributed by atoms with Gasteiger partial charge in [-0.25, -0.2) is 0 Å². The Morgan fingerprint density at radius 3 is 2.62 bits per heavy atom. The van der Waals surface area contributed by atoms with E-state index in [1.165, 1.54) is 30.4 Å². The number of carbonyl (C=O) groups is 1. The number of hydrogen-bond donors (Lipinski definition) is 0. The summed E-state index contributed by atoms with van der Waals surface area (Å²) in [5, 5.41) is 0. The van der Waals surface area contributed by atoms with Crippen molar-refractivity contribution in [3.05, 3.63) is 68.7 Å². The maximum absolute atomic E-state index is 13.6. The number of carbonyl (C=O) groups excluding carboxylic acids is 1. The van der Waals surface area contributed by atoms with Crippen molar-refractivity contribution in [3.63, 3.8) is 0 Å². The SMILES string of the molecule is CC1(C)C2=C(C(=O)c3ccc(OC4CCOC45CCCCC5)cc31)c1ccc(Br)cc1C2. The minimum absolute atomic E-state index is 0.103. The highest BCUT2D eigenvalue weighted by molar-refractivity contribution is 9.10. The van der Waals surface area contributed by atoms with E-state index in [1.807, 2.05) is 18.2 Å². The summed E-state index contributed by atoms with van der Waals surface area (Å²) in [4.78, 5) is 13.6. The fraction of sp³-hybridized carbons (Fsp3) is 0.464. The topological polar surface area (TPSA) is 35.5 Å². The molecule has 0 N–H and O–H groups in total. The number of benzene rings is 2. The molecule has 3 aliphatic carbocycles. The van der Waals surface area contributed by atoms with Gasteiger partial charge in [-0.2, -0.15) is 0 Å². The molecule has 1 saturated heterocycles. The van der Waals surface area contributed by atoms with E-state index in [0.29, 0.717) is 0 Å². The van der Waals surface area contributed by atoms with Crippen LogP contribution >= 0.6 is 15.9 Å². The van der Waals surface area contributed by atoms with E-state index < -0.39 is 0 Å². The van der Waals surface area contributed by atoms with Gasteiger partial charge in [0.2, 0.25) is 0 Å². The van der Waals surface area contributed by atoms with Crippen LogP contribution in [0.5, 0.6) is 5.75 Å². The van der Waals surface area contributed by atoms with Gasteiger partial charge in [0.25, 0.3) is 0 Å². The summed E-state index contributed by atoms with van der Waals surface area (Å²) in [5.41, 5.74) is 6.02. The van der Waals surface area contributed by atoms with Crippen LogP contribution in [0.25, 0.3) is 5.57 Å². The summed E-state index contributed by atoms with van der Waals surface area (Å²) >= 11 is 3.59. The number of ketones is 1. The molecule has 2 fully saturated rings. The van der Waals surface area contributed by atoms with Crippen LogP contribution in [0.1, 0.15) is 79.4 Å². The number of hydrogen-bond acceptors (Lipinski definition) is 3. The Balaban J connectivity index is 1.35. The Bertz CT molecular complexity index is 1150. The van der Waals surface area contributed by atoms with Gasteiger partial charge in [-0.1, -0.05) is 55.1 Å². The smallest absolute Gasteiger partial charge is 0.193 e. The van der Waals surface area contributed by atoms with E-state index in [2.05, 4.69) is 48.0 Å². The largest absolute Gasteiger partial charge is 0.487 e. The van der Waals surface area contributed by atoms with E-state index in [-0.39, 0.29) is 22.9 Å². The second kappa shape index (κ2) is 7.30. The summed E-state index contributed by atoms with van der Waals surface area (Å²) in [6.45, 7) is 5.28. The van der Waals surface area contributed by atoms with Crippen LogP contribution in [-0.2, 0) is 16.6 Å². The first-order valence-corrected chi connectivity index (χ1v) is 12.7. The van der Waals surface area contributed by atoms with Crippen molar-refractivity contribution in [2.75, 3.05) is 6.61 Å². The third-order valence-electron chi connectivity index (χ3n) is 8.23. The minimum atomic E-state index is -0.224. The maximum Gasteiger partial charge on any atom is 0.193 e. The Labute approximate surface area is 198 Å². The molecule has 1 saturated carbocycles. The maximum atomic E-state index is 13.6. The van der Waals surface area contributed by atoms with Gasteiger partial charge in [0, 0.05) is 27.4 Å². The molecular formula is C28H29BrO3. The average Bonchev–Trinajstić information content (AvgIpc) is 3.34. The normalized spacial score (nSPS) is 25.0. The van der Waals surface area contributed by atoms with Crippen molar-refractivity contribution >= 4 is 27.3 Å². The van der Waals surface area contributed by atoms with E-state index in [9.17, 15) is 4.79 Å². The lowest BCUT2D eigenvalue weighted by Gasteiger charge is -2.38. The molecule has 0 amide bonds. The van der Waals surface area contributed by atoms with E-state index in [4.69, 9.17) is 9.47 Å². The Morgan fingerprint density at radius 2 is 1.81 bits per heavy atom. The minimum Gasteiger partial charge on any atom is -0.487 e. The molecule has 2 aromatic rings. The van der Waals surface area contributed by atoms with Gasteiger partial charge < -0.3 is 9.47 Å². The van der Waals surface area contributed by atoms with Gasteiger partial charge in [0.15, 0.2) is 5.78 Å². The molecule has 4 aliphatic rings. The highest BCUT2D eigenvalue weighted by atomic mass is 79.9. The highest BCUT2D eigenvalue weighted by Gasteiger charge is 2.47. The number of rotatable bonds is 2. The van der Waals surface area contributed by atoms with Gasteiger partial charge in [0.05, 0.1) is 6.61 Å². The summed E-state index contributed by atoms with van der Waals surface area (Å²) in [7, 11) is 0. The molecule has 1 atom stereocenters. The third-order valence-corrected chi connectivity index (χ3v) is 8.72. The van der Waals surface area contributed by atoms with E-state index in [0.717, 1.165) is 64.8 Å². The molecule has 6 rings (SSSR count). The van der Waals surface area contributed by atoms with Crippen molar-refractivity contribution < 1.29 is 14.3 Å². The zero-order chi connectivity index (χ0) is 22.1. The molecule has 3 nitrogen and oxygen atoms in total. The molecule has 1 spiro atoms.